The van der Waals surface area contributed by atoms with E-state index in [1.807, 2.05) is 6.08 Å². The van der Waals surface area contributed by atoms with Gasteiger partial charge in [-0.2, -0.15) is 0 Å². The second kappa shape index (κ2) is 9.85. The average molecular weight is 345 g/mol. The third-order valence-corrected chi connectivity index (χ3v) is 3.30. The SMILES string of the molecule is C=CCCCCCC(Nc1cccc(OC(F)(F)F)c1)C(=O)OC. The van der Waals surface area contributed by atoms with E-state index in [1.54, 1.807) is 6.07 Å². The standard InChI is InChI=1S/C17H22F3NO3/c1-3-4-5-6-7-11-15(16(22)23-2)21-13-9-8-10-14(12-13)24-17(18,19)20/h3,8-10,12,15,21H,1,4-7,11H2,2H3. The molecule has 0 aliphatic carbocycles. The van der Waals surface area contributed by atoms with Crippen LogP contribution >= 0.6 is 0 Å². The summed E-state index contributed by atoms with van der Waals surface area (Å²) < 4.78 is 45.4. The summed E-state index contributed by atoms with van der Waals surface area (Å²) in [6, 6.07) is 4.75. The lowest BCUT2D eigenvalue weighted by Gasteiger charge is -2.18. The number of anilines is 1. The lowest BCUT2D eigenvalue weighted by atomic mass is 10.1. The van der Waals surface area contributed by atoms with Crippen LogP contribution in [-0.4, -0.2) is 25.5 Å². The monoisotopic (exact) mass is 345 g/mol. The van der Waals surface area contributed by atoms with Crippen molar-refractivity contribution in [2.24, 2.45) is 0 Å². The molecular weight excluding hydrogens is 323 g/mol. The van der Waals surface area contributed by atoms with Gasteiger partial charge in [0.1, 0.15) is 11.8 Å². The number of hydrogen-bond acceptors (Lipinski definition) is 4. The van der Waals surface area contributed by atoms with Crippen LogP contribution in [0.25, 0.3) is 0 Å². The predicted molar refractivity (Wildman–Crippen MR) is 85.8 cm³/mol. The van der Waals surface area contributed by atoms with Crippen molar-refractivity contribution in [2.75, 3.05) is 12.4 Å². The number of esters is 1. The number of allylic oxidation sites excluding steroid dienone is 1. The molecule has 0 aliphatic heterocycles. The molecule has 1 unspecified atom stereocenters. The Morgan fingerprint density at radius 3 is 2.71 bits per heavy atom. The lowest BCUT2D eigenvalue weighted by Crippen LogP contribution is -2.30. The number of halogens is 3. The third-order valence-electron chi connectivity index (χ3n) is 3.30. The number of alkyl halides is 3. The second-order valence-electron chi connectivity index (χ2n) is 5.22. The molecule has 4 nitrogen and oxygen atoms in total. The van der Waals surface area contributed by atoms with Gasteiger partial charge in [0.25, 0.3) is 0 Å². The number of carbonyl (C=O) groups excluding carboxylic acids is 1. The van der Waals surface area contributed by atoms with Crippen molar-refractivity contribution >= 4 is 11.7 Å². The van der Waals surface area contributed by atoms with E-state index in [0.717, 1.165) is 25.7 Å². The number of nitrogens with one attached hydrogen (secondary N) is 1. The van der Waals surface area contributed by atoms with Gasteiger partial charge in [-0.15, -0.1) is 19.8 Å². The Hall–Kier alpha value is -2.18. The van der Waals surface area contributed by atoms with Crippen molar-refractivity contribution in [3.05, 3.63) is 36.9 Å². The van der Waals surface area contributed by atoms with Crippen molar-refractivity contribution in [3.8, 4) is 5.75 Å². The van der Waals surface area contributed by atoms with E-state index >= 15 is 0 Å². The van der Waals surface area contributed by atoms with Crippen molar-refractivity contribution in [2.45, 2.75) is 44.5 Å². The van der Waals surface area contributed by atoms with E-state index in [2.05, 4.69) is 16.6 Å². The van der Waals surface area contributed by atoms with Crippen molar-refractivity contribution in [3.63, 3.8) is 0 Å². The first-order valence-electron chi connectivity index (χ1n) is 7.67. The summed E-state index contributed by atoms with van der Waals surface area (Å²) >= 11 is 0. The van der Waals surface area contributed by atoms with Gasteiger partial charge in [0, 0.05) is 11.8 Å². The normalized spacial score (nSPS) is 12.3. The topological polar surface area (TPSA) is 47.6 Å². The molecule has 0 saturated heterocycles. The molecule has 1 rings (SSSR count). The number of ether oxygens (including phenoxy) is 2. The van der Waals surface area contributed by atoms with Crippen LogP contribution in [0.3, 0.4) is 0 Å². The average Bonchev–Trinajstić information content (AvgIpc) is 2.51. The van der Waals surface area contributed by atoms with Gasteiger partial charge in [0.05, 0.1) is 7.11 Å². The zero-order valence-corrected chi connectivity index (χ0v) is 13.6. The first-order valence-corrected chi connectivity index (χ1v) is 7.67. The van der Waals surface area contributed by atoms with Crippen molar-refractivity contribution in [1.29, 1.82) is 0 Å². The third kappa shape index (κ3) is 7.89. The smallest absolute Gasteiger partial charge is 0.467 e. The Kier molecular flexibility index (Phi) is 8.15. The fourth-order valence-electron chi connectivity index (χ4n) is 2.19. The van der Waals surface area contributed by atoms with E-state index in [0.29, 0.717) is 12.1 Å². The van der Waals surface area contributed by atoms with E-state index in [9.17, 15) is 18.0 Å². The van der Waals surface area contributed by atoms with Crippen molar-refractivity contribution in [1.82, 2.24) is 0 Å². The van der Waals surface area contributed by atoms with Gasteiger partial charge in [0.15, 0.2) is 0 Å². The maximum absolute atomic E-state index is 12.3. The van der Waals surface area contributed by atoms with Gasteiger partial charge < -0.3 is 14.8 Å². The predicted octanol–water partition coefficient (Wildman–Crippen LogP) is 4.68. The maximum Gasteiger partial charge on any atom is 0.573 e. The minimum atomic E-state index is -4.76. The van der Waals surface area contributed by atoms with Gasteiger partial charge in [0.2, 0.25) is 0 Å². The van der Waals surface area contributed by atoms with Crippen LogP contribution in [0.1, 0.15) is 32.1 Å². The summed E-state index contributed by atoms with van der Waals surface area (Å²) in [5.74, 6) is -0.803. The lowest BCUT2D eigenvalue weighted by molar-refractivity contribution is -0.274. The molecule has 24 heavy (non-hydrogen) atoms. The second-order valence-corrected chi connectivity index (χ2v) is 5.22. The van der Waals surface area contributed by atoms with E-state index in [-0.39, 0.29) is 5.75 Å². The fraction of sp³-hybridized carbons (Fsp3) is 0.471. The zero-order valence-electron chi connectivity index (χ0n) is 13.6. The Bertz CT molecular complexity index is 532. The first kappa shape index (κ1) is 19.9. The van der Waals surface area contributed by atoms with Crippen LogP contribution in [0.4, 0.5) is 18.9 Å². The summed E-state index contributed by atoms with van der Waals surface area (Å²) in [6.07, 6.45) is 1.21. The summed E-state index contributed by atoms with van der Waals surface area (Å²) in [6.45, 7) is 3.65. The highest BCUT2D eigenvalue weighted by Gasteiger charge is 2.31. The molecule has 0 aromatic heterocycles. The molecule has 0 bridgehead atoms. The van der Waals surface area contributed by atoms with Gasteiger partial charge in [-0.3, -0.25) is 0 Å². The molecule has 1 N–H and O–H groups in total. The molecule has 0 radical (unpaired) electrons. The van der Waals surface area contributed by atoms with Crippen LogP contribution in [0.15, 0.2) is 36.9 Å². The van der Waals surface area contributed by atoms with Gasteiger partial charge in [-0.1, -0.05) is 25.0 Å². The van der Waals surface area contributed by atoms with E-state index < -0.39 is 18.4 Å². The highest BCUT2D eigenvalue weighted by atomic mass is 19.4. The zero-order chi connectivity index (χ0) is 18.0. The highest BCUT2D eigenvalue weighted by molar-refractivity contribution is 5.79. The fourth-order valence-corrected chi connectivity index (χ4v) is 2.19. The highest BCUT2D eigenvalue weighted by Crippen LogP contribution is 2.25. The Morgan fingerprint density at radius 1 is 1.33 bits per heavy atom. The first-order chi connectivity index (χ1) is 11.4. The Balaban J connectivity index is 2.67. The molecule has 0 saturated carbocycles. The van der Waals surface area contributed by atoms with Crippen molar-refractivity contribution < 1.29 is 27.4 Å². The van der Waals surface area contributed by atoms with Gasteiger partial charge >= 0.3 is 12.3 Å². The van der Waals surface area contributed by atoms with Gasteiger partial charge in [-0.05, 0) is 31.4 Å². The summed E-state index contributed by atoms with van der Waals surface area (Å²) in [7, 11) is 1.28. The summed E-state index contributed by atoms with van der Waals surface area (Å²) in [5, 5.41) is 2.90. The minimum absolute atomic E-state index is 0.345. The molecule has 0 aliphatic rings. The van der Waals surface area contributed by atoms with Crippen LogP contribution in [0.5, 0.6) is 5.75 Å². The molecule has 1 aromatic carbocycles. The Morgan fingerprint density at radius 2 is 2.08 bits per heavy atom. The minimum Gasteiger partial charge on any atom is -0.467 e. The molecule has 134 valence electrons. The molecule has 1 atom stereocenters. The number of unbranched alkanes of at least 4 members (excludes halogenated alkanes) is 3. The maximum atomic E-state index is 12.3. The quantitative estimate of drug-likeness (QED) is 0.380. The number of rotatable bonds is 10. The molecular formula is C17H22F3NO3. The summed E-state index contributed by atoms with van der Waals surface area (Å²) in [5.41, 5.74) is 0.359. The molecule has 0 spiro atoms. The summed E-state index contributed by atoms with van der Waals surface area (Å²) in [4.78, 5) is 11.8. The molecule has 7 heteroatoms. The number of hydrogen-bond donors (Lipinski definition) is 1. The molecule has 0 heterocycles. The van der Waals surface area contributed by atoms with Crippen LogP contribution in [0.2, 0.25) is 0 Å². The van der Waals surface area contributed by atoms with E-state index in [1.165, 1.54) is 25.3 Å². The molecule has 1 aromatic rings. The van der Waals surface area contributed by atoms with Crippen LogP contribution in [-0.2, 0) is 9.53 Å². The molecule has 0 fully saturated rings. The van der Waals surface area contributed by atoms with Gasteiger partial charge in [-0.25, -0.2) is 4.79 Å². The van der Waals surface area contributed by atoms with Crippen LogP contribution < -0.4 is 10.1 Å². The number of carbonyl (C=O) groups is 1. The Labute approximate surface area is 139 Å². The van der Waals surface area contributed by atoms with E-state index in [4.69, 9.17) is 4.74 Å². The largest absolute Gasteiger partial charge is 0.573 e. The molecule has 0 amide bonds. The number of benzene rings is 1. The number of methoxy groups -OCH3 is 1. The van der Waals surface area contributed by atoms with Crippen LogP contribution in [0, 0.1) is 0 Å².